The minimum Gasteiger partial charge on any atom is -0.379 e. The summed E-state index contributed by atoms with van der Waals surface area (Å²) in [5.41, 5.74) is -2.31. The average Bonchev–Trinajstić information content (AvgIpc) is 3.38. The molecule has 1 N–H and O–H groups in total. The first-order chi connectivity index (χ1) is 14.8. The highest BCUT2D eigenvalue weighted by Crippen LogP contribution is 2.47. The van der Waals surface area contributed by atoms with Crippen LogP contribution < -0.4 is 5.32 Å². The zero-order valence-electron chi connectivity index (χ0n) is 16.6. The van der Waals surface area contributed by atoms with Crippen LogP contribution in [0.5, 0.6) is 0 Å². The Morgan fingerprint density at radius 1 is 1.39 bits per heavy atom. The van der Waals surface area contributed by atoms with Crippen LogP contribution in [0.4, 0.5) is 22.4 Å². The van der Waals surface area contributed by atoms with Crippen molar-refractivity contribution < 1.29 is 31.6 Å². The van der Waals surface area contributed by atoms with E-state index in [4.69, 9.17) is 9.26 Å². The van der Waals surface area contributed by atoms with Gasteiger partial charge in [0.25, 0.3) is 0 Å². The van der Waals surface area contributed by atoms with Gasteiger partial charge in [0.2, 0.25) is 11.7 Å². The first kappa shape index (κ1) is 22.7. The number of nitrogens with one attached hydrogen (secondary N) is 1. The van der Waals surface area contributed by atoms with Crippen LogP contribution in [0.2, 0.25) is 0 Å². The highest BCUT2D eigenvalue weighted by atomic mass is 19.4. The standard InChI is InChI=1S/C20H22F4N4O3/c1-2-3-10-30-11-8-25-18(29)28-9-7-19(13-28,20(22,23)24)17-26-16(27-31-17)14-5-4-6-15(21)12-14/h2,4-6,12H,1,3,7-11,13H2,(H,25,29). The van der Waals surface area contributed by atoms with Gasteiger partial charge >= 0.3 is 12.2 Å². The first-order valence-electron chi connectivity index (χ1n) is 9.65. The van der Waals surface area contributed by atoms with Crippen LogP contribution in [0, 0.1) is 5.82 Å². The molecule has 1 aromatic carbocycles. The zero-order valence-corrected chi connectivity index (χ0v) is 16.6. The summed E-state index contributed by atoms with van der Waals surface area (Å²) in [6.07, 6.45) is -2.81. The van der Waals surface area contributed by atoms with Crippen LogP contribution in [-0.2, 0) is 10.2 Å². The number of carbonyl (C=O) groups excluding carboxylic acids is 1. The number of aromatic nitrogens is 2. The van der Waals surface area contributed by atoms with Crippen LogP contribution in [0.1, 0.15) is 18.7 Å². The van der Waals surface area contributed by atoms with Gasteiger partial charge in [-0.3, -0.25) is 0 Å². The van der Waals surface area contributed by atoms with Crippen molar-refractivity contribution in [2.24, 2.45) is 0 Å². The van der Waals surface area contributed by atoms with Gasteiger partial charge in [0.1, 0.15) is 5.82 Å². The van der Waals surface area contributed by atoms with E-state index in [1.54, 1.807) is 6.08 Å². The average molecular weight is 442 g/mol. The molecule has 1 unspecified atom stereocenters. The minimum atomic E-state index is -4.73. The normalized spacial score (nSPS) is 18.9. The second kappa shape index (κ2) is 9.46. The number of likely N-dealkylation sites (tertiary alicyclic amines) is 1. The number of hydrogen-bond donors (Lipinski definition) is 1. The molecule has 2 heterocycles. The maximum atomic E-state index is 14.1. The van der Waals surface area contributed by atoms with E-state index in [0.717, 1.165) is 11.0 Å². The van der Waals surface area contributed by atoms with Crippen molar-refractivity contribution in [3.63, 3.8) is 0 Å². The molecular formula is C20H22F4N4O3. The molecule has 0 saturated carbocycles. The lowest BCUT2D eigenvalue weighted by Gasteiger charge is -2.28. The molecule has 7 nitrogen and oxygen atoms in total. The molecule has 168 valence electrons. The second-order valence-corrected chi connectivity index (χ2v) is 7.11. The fourth-order valence-electron chi connectivity index (χ4n) is 3.28. The molecule has 0 spiro atoms. The van der Waals surface area contributed by atoms with E-state index >= 15 is 0 Å². The van der Waals surface area contributed by atoms with E-state index in [1.165, 1.54) is 18.2 Å². The molecule has 1 aromatic heterocycles. The fraction of sp³-hybridized carbons (Fsp3) is 0.450. The first-order valence-corrected chi connectivity index (χ1v) is 9.65. The van der Waals surface area contributed by atoms with E-state index in [2.05, 4.69) is 22.0 Å². The molecule has 31 heavy (non-hydrogen) atoms. The van der Waals surface area contributed by atoms with Crippen molar-refractivity contribution in [2.45, 2.75) is 24.4 Å². The number of hydrogen-bond acceptors (Lipinski definition) is 5. The van der Waals surface area contributed by atoms with Gasteiger partial charge in [-0.2, -0.15) is 18.2 Å². The van der Waals surface area contributed by atoms with Crippen LogP contribution in [0.25, 0.3) is 11.4 Å². The third-order valence-electron chi connectivity index (χ3n) is 5.01. The summed E-state index contributed by atoms with van der Waals surface area (Å²) in [4.78, 5) is 17.3. The highest BCUT2D eigenvalue weighted by molar-refractivity contribution is 5.74. The predicted octanol–water partition coefficient (Wildman–Crippen LogP) is 3.68. The smallest absolute Gasteiger partial charge is 0.379 e. The largest absolute Gasteiger partial charge is 0.405 e. The van der Waals surface area contributed by atoms with Crippen molar-refractivity contribution in [2.75, 3.05) is 32.8 Å². The van der Waals surface area contributed by atoms with Gasteiger partial charge in [-0.15, -0.1) is 6.58 Å². The summed E-state index contributed by atoms with van der Waals surface area (Å²) in [6, 6.07) is 4.51. The fourth-order valence-corrected chi connectivity index (χ4v) is 3.28. The Morgan fingerprint density at radius 2 is 2.19 bits per heavy atom. The van der Waals surface area contributed by atoms with Gasteiger partial charge in [0, 0.05) is 25.2 Å². The molecule has 0 radical (unpaired) electrons. The molecule has 1 fully saturated rings. The lowest BCUT2D eigenvalue weighted by atomic mass is 9.86. The molecule has 0 bridgehead atoms. The lowest BCUT2D eigenvalue weighted by Crippen LogP contribution is -2.47. The van der Waals surface area contributed by atoms with E-state index in [-0.39, 0.29) is 31.1 Å². The Balaban J connectivity index is 1.70. The molecule has 1 saturated heterocycles. The molecule has 1 atom stereocenters. The van der Waals surface area contributed by atoms with E-state index in [9.17, 15) is 22.4 Å². The quantitative estimate of drug-likeness (QED) is 0.383. The Labute approximate surface area is 176 Å². The summed E-state index contributed by atoms with van der Waals surface area (Å²) >= 11 is 0. The van der Waals surface area contributed by atoms with Crippen molar-refractivity contribution in [1.29, 1.82) is 0 Å². The summed E-state index contributed by atoms with van der Waals surface area (Å²) in [5.74, 6) is -1.38. The lowest BCUT2D eigenvalue weighted by molar-refractivity contribution is -0.193. The third kappa shape index (κ3) is 5.04. The maximum absolute atomic E-state index is 14.1. The predicted molar refractivity (Wildman–Crippen MR) is 103 cm³/mol. The van der Waals surface area contributed by atoms with Gasteiger partial charge < -0.3 is 19.5 Å². The van der Waals surface area contributed by atoms with Gasteiger partial charge in [0.05, 0.1) is 13.2 Å². The van der Waals surface area contributed by atoms with Crippen molar-refractivity contribution in [1.82, 2.24) is 20.4 Å². The number of alkyl halides is 3. The number of halogens is 4. The summed E-state index contributed by atoms with van der Waals surface area (Å²) < 4.78 is 65.8. The van der Waals surface area contributed by atoms with Crippen molar-refractivity contribution >= 4 is 6.03 Å². The molecule has 3 rings (SSSR count). The number of carbonyl (C=O) groups is 1. The molecule has 11 heteroatoms. The number of benzene rings is 1. The summed E-state index contributed by atoms with van der Waals surface area (Å²) in [5, 5.41) is 6.13. The summed E-state index contributed by atoms with van der Waals surface area (Å²) in [6.45, 7) is 3.60. The second-order valence-electron chi connectivity index (χ2n) is 7.11. The van der Waals surface area contributed by atoms with E-state index < -0.39 is 42.3 Å². The molecule has 1 aliphatic rings. The maximum Gasteiger partial charge on any atom is 0.405 e. The van der Waals surface area contributed by atoms with Gasteiger partial charge in [-0.05, 0) is 25.0 Å². The Kier molecular flexibility index (Phi) is 6.94. The Hall–Kier alpha value is -2.95. The third-order valence-corrected chi connectivity index (χ3v) is 5.01. The monoisotopic (exact) mass is 442 g/mol. The van der Waals surface area contributed by atoms with E-state index in [1.807, 2.05) is 0 Å². The highest BCUT2D eigenvalue weighted by Gasteiger charge is 2.63. The van der Waals surface area contributed by atoms with Crippen LogP contribution in [-0.4, -0.2) is 60.1 Å². The topological polar surface area (TPSA) is 80.5 Å². The van der Waals surface area contributed by atoms with Gasteiger partial charge in [-0.25, -0.2) is 9.18 Å². The Morgan fingerprint density at radius 3 is 2.90 bits per heavy atom. The van der Waals surface area contributed by atoms with Crippen LogP contribution >= 0.6 is 0 Å². The van der Waals surface area contributed by atoms with E-state index in [0.29, 0.717) is 13.0 Å². The number of amides is 2. The molecular weight excluding hydrogens is 420 g/mol. The van der Waals surface area contributed by atoms with Crippen molar-refractivity contribution in [3.05, 3.63) is 48.6 Å². The van der Waals surface area contributed by atoms with Gasteiger partial charge in [-0.1, -0.05) is 23.4 Å². The van der Waals surface area contributed by atoms with Crippen LogP contribution in [0.3, 0.4) is 0 Å². The number of ether oxygens (including phenoxy) is 1. The molecule has 1 aliphatic heterocycles. The van der Waals surface area contributed by atoms with Crippen LogP contribution in [0.15, 0.2) is 41.4 Å². The summed E-state index contributed by atoms with van der Waals surface area (Å²) in [7, 11) is 0. The number of urea groups is 1. The Bertz CT molecular complexity index is 918. The SMILES string of the molecule is C=CCCOCCNC(=O)N1CCC(c2nc(-c3cccc(F)c3)no2)(C(F)(F)F)C1. The molecule has 2 amide bonds. The minimum absolute atomic E-state index is 0.139. The molecule has 2 aromatic rings. The molecule has 0 aliphatic carbocycles. The number of rotatable bonds is 8. The zero-order chi connectivity index (χ0) is 22.5. The number of nitrogens with zero attached hydrogens (tertiary/aromatic N) is 3. The van der Waals surface area contributed by atoms with Crippen molar-refractivity contribution in [3.8, 4) is 11.4 Å². The van der Waals surface area contributed by atoms with Gasteiger partial charge in [0.15, 0.2) is 5.41 Å².